The quantitative estimate of drug-likeness (QED) is 0.793. The molecule has 0 fully saturated rings. The van der Waals surface area contributed by atoms with Crippen LogP contribution in [0.3, 0.4) is 0 Å². The molecule has 0 radical (unpaired) electrons. The van der Waals surface area contributed by atoms with Crippen LogP contribution in [0, 0.1) is 5.82 Å². The number of hydrogen-bond acceptors (Lipinski definition) is 3. The SMILES string of the molecule is Cn1cc(CNCCc2ccc(F)cc2)nn1. The van der Waals surface area contributed by atoms with E-state index in [1.807, 2.05) is 13.2 Å². The third-order valence-corrected chi connectivity index (χ3v) is 2.46. The van der Waals surface area contributed by atoms with Crippen LogP contribution in [-0.4, -0.2) is 21.5 Å². The molecule has 0 bridgehead atoms. The summed E-state index contributed by atoms with van der Waals surface area (Å²) in [5.41, 5.74) is 2.05. The van der Waals surface area contributed by atoms with E-state index in [2.05, 4.69) is 15.6 Å². The Kier molecular flexibility index (Phi) is 3.82. The summed E-state index contributed by atoms with van der Waals surface area (Å²) >= 11 is 0. The topological polar surface area (TPSA) is 42.7 Å². The molecule has 1 heterocycles. The van der Waals surface area contributed by atoms with E-state index in [0.717, 1.165) is 24.2 Å². The lowest BCUT2D eigenvalue weighted by molar-refractivity contribution is 0.625. The average molecular weight is 234 g/mol. The Bertz CT molecular complexity index is 464. The van der Waals surface area contributed by atoms with Gasteiger partial charge in [-0.15, -0.1) is 5.10 Å². The fourth-order valence-electron chi connectivity index (χ4n) is 1.58. The standard InChI is InChI=1S/C12H15FN4/c1-17-9-12(15-16-17)8-14-7-6-10-2-4-11(13)5-3-10/h2-5,9,14H,6-8H2,1H3. The van der Waals surface area contributed by atoms with E-state index in [4.69, 9.17) is 0 Å². The second-order valence-electron chi connectivity index (χ2n) is 3.94. The fraction of sp³-hybridized carbons (Fsp3) is 0.333. The van der Waals surface area contributed by atoms with Crippen LogP contribution in [0.25, 0.3) is 0 Å². The van der Waals surface area contributed by atoms with Crippen molar-refractivity contribution in [2.45, 2.75) is 13.0 Å². The lowest BCUT2D eigenvalue weighted by atomic mass is 10.1. The summed E-state index contributed by atoms with van der Waals surface area (Å²) in [6, 6.07) is 6.58. The van der Waals surface area contributed by atoms with E-state index in [0.29, 0.717) is 6.54 Å². The minimum atomic E-state index is -0.193. The molecule has 4 nitrogen and oxygen atoms in total. The van der Waals surface area contributed by atoms with Crippen molar-refractivity contribution in [3.05, 3.63) is 47.5 Å². The highest BCUT2D eigenvalue weighted by Crippen LogP contribution is 2.02. The van der Waals surface area contributed by atoms with Crippen LogP contribution in [0.5, 0.6) is 0 Å². The molecule has 0 saturated heterocycles. The Balaban J connectivity index is 1.71. The first-order chi connectivity index (χ1) is 8.24. The molecule has 0 unspecified atom stereocenters. The zero-order valence-electron chi connectivity index (χ0n) is 9.73. The molecule has 1 aromatic carbocycles. The second kappa shape index (κ2) is 5.54. The smallest absolute Gasteiger partial charge is 0.123 e. The highest BCUT2D eigenvalue weighted by molar-refractivity contribution is 5.16. The Morgan fingerprint density at radius 2 is 2.06 bits per heavy atom. The summed E-state index contributed by atoms with van der Waals surface area (Å²) in [5.74, 6) is -0.193. The molecule has 5 heteroatoms. The highest BCUT2D eigenvalue weighted by atomic mass is 19.1. The van der Waals surface area contributed by atoms with E-state index >= 15 is 0 Å². The van der Waals surface area contributed by atoms with Gasteiger partial charge in [-0.25, -0.2) is 4.39 Å². The molecule has 0 spiro atoms. The van der Waals surface area contributed by atoms with E-state index in [9.17, 15) is 4.39 Å². The van der Waals surface area contributed by atoms with Crippen molar-refractivity contribution in [1.29, 1.82) is 0 Å². The van der Waals surface area contributed by atoms with Gasteiger partial charge >= 0.3 is 0 Å². The minimum Gasteiger partial charge on any atom is -0.311 e. The summed E-state index contributed by atoms with van der Waals surface area (Å²) in [7, 11) is 1.84. The summed E-state index contributed by atoms with van der Waals surface area (Å²) in [5, 5.41) is 11.1. The third-order valence-electron chi connectivity index (χ3n) is 2.46. The van der Waals surface area contributed by atoms with Crippen LogP contribution in [-0.2, 0) is 20.0 Å². The molecule has 0 atom stereocenters. The molecule has 0 aliphatic rings. The minimum absolute atomic E-state index is 0.193. The van der Waals surface area contributed by atoms with Crippen LogP contribution in [0.1, 0.15) is 11.3 Å². The highest BCUT2D eigenvalue weighted by Gasteiger charge is 1.98. The summed E-state index contributed by atoms with van der Waals surface area (Å²) in [4.78, 5) is 0. The number of aryl methyl sites for hydroxylation is 1. The van der Waals surface area contributed by atoms with Crippen molar-refractivity contribution in [3.63, 3.8) is 0 Å². The maximum absolute atomic E-state index is 12.7. The molecule has 1 N–H and O–H groups in total. The van der Waals surface area contributed by atoms with Crippen LogP contribution in [0.2, 0.25) is 0 Å². The molecular formula is C12H15FN4. The lowest BCUT2D eigenvalue weighted by Crippen LogP contribution is -2.16. The van der Waals surface area contributed by atoms with Gasteiger partial charge in [-0.3, -0.25) is 4.68 Å². The predicted molar refractivity (Wildman–Crippen MR) is 62.8 cm³/mol. The Morgan fingerprint density at radius 1 is 1.29 bits per heavy atom. The zero-order valence-corrected chi connectivity index (χ0v) is 9.73. The number of benzene rings is 1. The van der Waals surface area contributed by atoms with Crippen molar-refractivity contribution < 1.29 is 4.39 Å². The second-order valence-corrected chi connectivity index (χ2v) is 3.94. The fourth-order valence-corrected chi connectivity index (χ4v) is 1.58. The molecule has 2 aromatic rings. The van der Waals surface area contributed by atoms with Crippen LogP contribution < -0.4 is 5.32 Å². The largest absolute Gasteiger partial charge is 0.311 e. The summed E-state index contributed by atoms with van der Waals surface area (Å²) in [6.45, 7) is 1.54. The van der Waals surface area contributed by atoms with Crippen molar-refractivity contribution in [3.8, 4) is 0 Å². The molecule has 90 valence electrons. The normalized spacial score (nSPS) is 10.7. The van der Waals surface area contributed by atoms with Gasteiger partial charge in [0.05, 0.1) is 5.69 Å². The van der Waals surface area contributed by atoms with Gasteiger partial charge < -0.3 is 5.32 Å². The van der Waals surface area contributed by atoms with E-state index < -0.39 is 0 Å². The Labute approximate surface area is 99.5 Å². The number of nitrogens with zero attached hydrogens (tertiary/aromatic N) is 3. The lowest BCUT2D eigenvalue weighted by Gasteiger charge is -2.02. The maximum Gasteiger partial charge on any atom is 0.123 e. The number of rotatable bonds is 5. The molecule has 1 aromatic heterocycles. The monoisotopic (exact) mass is 234 g/mol. The van der Waals surface area contributed by atoms with Crippen molar-refractivity contribution in [2.75, 3.05) is 6.54 Å². The van der Waals surface area contributed by atoms with Gasteiger partial charge in [-0.1, -0.05) is 17.3 Å². The van der Waals surface area contributed by atoms with Crippen LogP contribution >= 0.6 is 0 Å². The van der Waals surface area contributed by atoms with Crippen LogP contribution in [0.15, 0.2) is 30.5 Å². The molecule has 0 amide bonds. The van der Waals surface area contributed by atoms with Gasteiger partial charge in [-0.2, -0.15) is 0 Å². The molecule has 0 aliphatic carbocycles. The maximum atomic E-state index is 12.7. The predicted octanol–water partition coefficient (Wildman–Crippen LogP) is 1.29. The Morgan fingerprint density at radius 3 is 2.71 bits per heavy atom. The molecule has 17 heavy (non-hydrogen) atoms. The number of nitrogens with one attached hydrogen (secondary N) is 1. The van der Waals surface area contributed by atoms with E-state index in [1.165, 1.54) is 12.1 Å². The third kappa shape index (κ3) is 3.64. The van der Waals surface area contributed by atoms with Gasteiger partial charge in [-0.05, 0) is 30.7 Å². The van der Waals surface area contributed by atoms with Crippen molar-refractivity contribution in [2.24, 2.45) is 7.05 Å². The van der Waals surface area contributed by atoms with E-state index in [-0.39, 0.29) is 5.82 Å². The first-order valence-corrected chi connectivity index (χ1v) is 5.54. The van der Waals surface area contributed by atoms with Crippen LogP contribution in [0.4, 0.5) is 4.39 Å². The molecule has 0 saturated carbocycles. The number of hydrogen-bond donors (Lipinski definition) is 1. The Hall–Kier alpha value is -1.75. The molecule has 0 aliphatic heterocycles. The first-order valence-electron chi connectivity index (χ1n) is 5.54. The summed E-state index contributed by atoms with van der Waals surface area (Å²) < 4.78 is 14.3. The zero-order chi connectivity index (χ0) is 12.1. The van der Waals surface area contributed by atoms with Gasteiger partial charge in [0.15, 0.2) is 0 Å². The van der Waals surface area contributed by atoms with Gasteiger partial charge in [0.1, 0.15) is 5.82 Å². The summed E-state index contributed by atoms with van der Waals surface area (Å²) in [6.07, 6.45) is 2.76. The van der Waals surface area contributed by atoms with Crippen molar-refractivity contribution >= 4 is 0 Å². The average Bonchev–Trinajstić information content (AvgIpc) is 2.73. The number of halogens is 1. The first kappa shape index (κ1) is 11.7. The van der Waals surface area contributed by atoms with Gasteiger partial charge in [0.2, 0.25) is 0 Å². The van der Waals surface area contributed by atoms with E-state index in [1.54, 1.807) is 16.8 Å². The molecular weight excluding hydrogens is 219 g/mol. The van der Waals surface area contributed by atoms with Gasteiger partial charge in [0.25, 0.3) is 0 Å². The molecule has 2 rings (SSSR count). The van der Waals surface area contributed by atoms with Gasteiger partial charge in [0, 0.05) is 19.8 Å². The number of aromatic nitrogens is 3. The van der Waals surface area contributed by atoms with Crippen molar-refractivity contribution in [1.82, 2.24) is 20.3 Å².